The molecule has 1 aliphatic rings. The van der Waals surface area contributed by atoms with Crippen molar-refractivity contribution in [1.82, 2.24) is 10.6 Å². The van der Waals surface area contributed by atoms with Crippen molar-refractivity contribution in [2.24, 2.45) is 5.92 Å². The average molecular weight is 270 g/mol. The average Bonchev–Trinajstić information content (AvgIpc) is 2.39. The van der Waals surface area contributed by atoms with E-state index in [9.17, 15) is 9.59 Å². The van der Waals surface area contributed by atoms with Gasteiger partial charge in [-0.05, 0) is 39.2 Å². The molecule has 5 heteroatoms. The Morgan fingerprint density at radius 2 is 2.05 bits per heavy atom. The van der Waals surface area contributed by atoms with Crippen LogP contribution in [0.3, 0.4) is 0 Å². The summed E-state index contributed by atoms with van der Waals surface area (Å²) >= 11 is 0. The first-order valence-corrected chi connectivity index (χ1v) is 7.27. The number of rotatable bonds is 7. The molecule has 1 aliphatic heterocycles. The minimum Gasteiger partial charge on any atom is -0.481 e. The van der Waals surface area contributed by atoms with Gasteiger partial charge in [0.25, 0.3) is 0 Å². The van der Waals surface area contributed by atoms with Gasteiger partial charge >= 0.3 is 5.97 Å². The fourth-order valence-electron chi connectivity index (χ4n) is 2.34. The van der Waals surface area contributed by atoms with Crippen LogP contribution in [0.15, 0.2) is 0 Å². The first-order valence-electron chi connectivity index (χ1n) is 7.27. The number of carbonyl (C=O) groups is 2. The number of carboxylic acids is 1. The van der Waals surface area contributed by atoms with E-state index < -0.39 is 5.97 Å². The molecule has 3 atom stereocenters. The van der Waals surface area contributed by atoms with E-state index in [0.29, 0.717) is 6.42 Å². The van der Waals surface area contributed by atoms with Crippen LogP contribution in [0.4, 0.5) is 0 Å². The number of nitrogens with one attached hydrogen (secondary N) is 2. The topological polar surface area (TPSA) is 78.4 Å². The number of aliphatic carboxylic acids is 1. The van der Waals surface area contributed by atoms with Crippen LogP contribution in [0.1, 0.15) is 52.4 Å². The molecule has 5 nitrogen and oxygen atoms in total. The summed E-state index contributed by atoms with van der Waals surface area (Å²) in [6.07, 6.45) is 5.48. The molecule has 0 radical (unpaired) electrons. The maximum absolute atomic E-state index is 11.9. The summed E-state index contributed by atoms with van der Waals surface area (Å²) < 4.78 is 0. The smallest absolute Gasteiger partial charge is 0.306 e. The predicted octanol–water partition coefficient (Wildman–Crippen LogP) is 1.52. The van der Waals surface area contributed by atoms with Gasteiger partial charge in [-0.2, -0.15) is 0 Å². The predicted molar refractivity (Wildman–Crippen MR) is 73.9 cm³/mol. The Bertz CT molecular complexity index is 301. The lowest BCUT2D eigenvalue weighted by Gasteiger charge is -2.24. The lowest BCUT2D eigenvalue weighted by molar-refractivity contribution is -0.141. The quantitative estimate of drug-likeness (QED) is 0.655. The fourth-order valence-corrected chi connectivity index (χ4v) is 2.34. The molecule has 19 heavy (non-hydrogen) atoms. The molecule has 0 aromatic heterocycles. The standard InChI is InChI=1S/C14H26N2O3/c1-10(14(18)19)6-5-7-11(2)16-13(17)12-8-3-4-9-15-12/h10-12,15H,3-9H2,1-2H3,(H,16,17)(H,18,19). The van der Waals surface area contributed by atoms with E-state index in [1.807, 2.05) is 6.92 Å². The number of hydrogen-bond acceptors (Lipinski definition) is 3. The van der Waals surface area contributed by atoms with E-state index >= 15 is 0 Å². The summed E-state index contributed by atoms with van der Waals surface area (Å²) in [6, 6.07) is 0.0614. The zero-order chi connectivity index (χ0) is 14.3. The van der Waals surface area contributed by atoms with Gasteiger partial charge in [-0.3, -0.25) is 9.59 Å². The monoisotopic (exact) mass is 270 g/mol. The maximum Gasteiger partial charge on any atom is 0.306 e. The summed E-state index contributed by atoms with van der Waals surface area (Å²) in [4.78, 5) is 22.6. The van der Waals surface area contributed by atoms with Gasteiger partial charge in [0.05, 0.1) is 12.0 Å². The lowest BCUT2D eigenvalue weighted by Crippen LogP contribution is -2.48. The first-order chi connectivity index (χ1) is 9.00. The summed E-state index contributed by atoms with van der Waals surface area (Å²) in [5.74, 6) is -0.968. The van der Waals surface area contributed by atoms with Crippen LogP contribution in [0.25, 0.3) is 0 Å². The Balaban J connectivity index is 2.17. The Hall–Kier alpha value is -1.10. The zero-order valence-electron chi connectivity index (χ0n) is 11.9. The Morgan fingerprint density at radius 3 is 2.63 bits per heavy atom. The zero-order valence-corrected chi connectivity index (χ0v) is 11.9. The number of carboxylic acid groups (broad SMARTS) is 1. The third-order valence-corrected chi connectivity index (χ3v) is 3.71. The van der Waals surface area contributed by atoms with Crippen LogP contribution in [-0.4, -0.2) is 35.6 Å². The first kappa shape index (κ1) is 16.0. The molecule has 3 N–H and O–H groups in total. The van der Waals surface area contributed by atoms with E-state index in [2.05, 4.69) is 10.6 Å². The Kier molecular flexibility index (Phi) is 6.84. The second kappa shape index (κ2) is 8.15. The van der Waals surface area contributed by atoms with E-state index in [4.69, 9.17) is 5.11 Å². The van der Waals surface area contributed by atoms with Crippen molar-refractivity contribution < 1.29 is 14.7 Å². The lowest BCUT2D eigenvalue weighted by atomic mass is 10.0. The second-order valence-corrected chi connectivity index (χ2v) is 5.58. The van der Waals surface area contributed by atoms with E-state index in [-0.39, 0.29) is 23.9 Å². The van der Waals surface area contributed by atoms with Crippen molar-refractivity contribution in [2.75, 3.05) is 6.54 Å². The molecule has 3 unspecified atom stereocenters. The number of hydrogen-bond donors (Lipinski definition) is 3. The third kappa shape index (κ3) is 6.05. The third-order valence-electron chi connectivity index (χ3n) is 3.71. The molecule has 0 saturated carbocycles. The minimum absolute atomic E-state index is 0.0471. The van der Waals surface area contributed by atoms with Crippen LogP contribution < -0.4 is 10.6 Å². The minimum atomic E-state index is -0.747. The van der Waals surface area contributed by atoms with Crippen molar-refractivity contribution in [3.63, 3.8) is 0 Å². The molecule has 1 amide bonds. The SMILES string of the molecule is CC(CCCC(C)C(=O)O)NC(=O)C1CCCCN1. The highest BCUT2D eigenvalue weighted by atomic mass is 16.4. The molecule has 0 aliphatic carbocycles. The molecule has 0 bridgehead atoms. The summed E-state index contributed by atoms with van der Waals surface area (Å²) in [7, 11) is 0. The van der Waals surface area contributed by atoms with Crippen LogP contribution in [0.2, 0.25) is 0 Å². The van der Waals surface area contributed by atoms with Gasteiger partial charge in [0.15, 0.2) is 0 Å². The van der Waals surface area contributed by atoms with Gasteiger partial charge < -0.3 is 15.7 Å². The highest BCUT2D eigenvalue weighted by molar-refractivity contribution is 5.82. The van der Waals surface area contributed by atoms with E-state index in [1.165, 1.54) is 0 Å². The second-order valence-electron chi connectivity index (χ2n) is 5.58. The molecule has 1 heterocycles. The van der Waals surface area contributed by atoms with Gasteiger partial charge in [-0.25, -0.2) is 0 Å². The van der Waals surface area contributed by atoms with Crippen LogP contribution in [-0.2, 0) is 9.59 Å². The van der Waals surface area contributed by atoms with E-state index in [1.54, 1.807) is 6.92 Å². The van der Waals surface area contributed by atoms with Gasteiger partial charge in [0.2, 0.25) is 5.91 Å². The largest absolute Gasteiger partial charge is 0.481 e. The van der Waals surface area contributed by atoms with Gasteiger partial charge in [0, 0.05) is 6.04 Å². The summed E-state index contributed by atoms with van der Waals surface area (Å²) in [5.41, 5.74) is 0. The van der Waals surface area contributed by atoms with Crippen molar-refractivity contribution in [3.05, 3.63) is 0 Å². The molecule has 1 saturated heterocycles. The van der Waals surface area contributed by atoms with Gasteiger partial charge in [0.1, 0.15) is 0 Å². The normalized spacial score (nSPS) is 22.5. The van der Waals surface area contributed by atoms with Crippen LogP contribution >= 0.6 is 0 Å². The van der Waals surface area contributed by atoms with Crippen molar-refractivity contribution in [1.29, 1.82) is 0 Å². The molecule has 0 spiro atoms. The Morgan fingerprint density at radius 1 is 1.32 bits per heavy atom. The Labute approximate surface area is 115 Å². The van der Waals surface area contributed by atoms with Crippen molar-refractivity contribution in [2.45, 2.75) is 64.5 Å². The van der Waals surface area contributed by atoms with Gasteiger partial charge in [-0.1, -0.05) is 19.8 Å². The number of piperidine rings is 1. The van der Waals surface area contributed by atoms with Gasteiger partial charge in [-0.15, -0.1) is 0 Å². The molecule has 0 aromatic rings. The van der Waals surface area contributed by atoms with Crippen LogP contribution in [0, 0.1) is 5.92 Å². The molecular formula is C14H26N2O3. The molecule has 110 valence electrons. The molecule has 1 fully saturated rings. The molecule has 1 rings (SSSR count). The highest BCUT2D eigenvalue weighted by Crippen LogP contribution is 2.11. The van der Waals surface area contributed by atoms with Crippen molar-refractivity contribution >= 4 is 11.9 Å². The fraction of sp³-hybridized carbons (Fsp3) is 0.857. The molecular weight excluding hydrogens is 244 g/mol. The maximum atomic E-state index is 11.9. The number of amides is 1. The number of carbonyl (C=O) groups excluding carboxylic acids is 1. The van der Waals surface area contributed by atoms with Crippen LogP contribution in [0.5, 0.6) is 0 Å². The highest BCUT2D eigenvalue weighted by Gasteiger charge is 2.21. The summed E-state index contributed by atoms with van der Waals surface area (Å²) in [5, 5.41) is 15.0. The summed E-state index contributed by atoms with van der Waals surface area (Å²) in [6.45, 7) is 4.62. The molecule has 0 aromatic carbocycles. The van der Waals surface area contributed by atoms with Crippen molar-refractivity contribution in [3.8, 4) is 0 Å². The van der Waals surface area contributed by atoms with E-state index in [0.717, 1.165) is 38.6 Å².